The average molecular weight is 600 g/mol. The smallest absolute Gasteiger partial charge is 0.0623 e. The number of hydrogen-bond donors (Lipinski definition) is 0. The summed E-state index contributed by atoms with van der Waals surface area (Å²) in [5.74, 6) is 1.11. The van der Waals surface area contributed by atoms with E-state index >= 15 is 0 Å². The van der Waals surface area contributed by atoms with E-state index < -0.39 is 0 Å². The van der Waals surface area contributed by atoms with Crippen molar-refractivity contribution in [2.24, 2.45) is 5.92 Å². The summed E-state index contributed by atoms with van der Waals surface area (Å²) < 4.78 is 2.54. The highest BCUT2D eigenvalue weighted by Gasteiger charge is 2.42. The Labute approximate surface area is 274 Å². The van der Waals surface area contributed by atoms with Crippen LogP contribution < -0.4 is 0 Å². The first kappa shape index (κ1) is 25.8. The molecule has 47 heavy (non-hydrogen) atoms. The molecule has 8 aromatic rings. The maximum Gasteiger partial charge on any atom is 0.0623 e. The number of allylic oxidation sites excluding steroid dienone is 4. The van der Waals surface area contributed by atoms with Gasteiger partial charge in [-0.05, 0) is 92.6 Å². The summed E-state index contributed by atoms with van der Waals surface area (Å²) >= 11 is 0. The monoisotopic (exact) mass is 599 g/mol. The van der Waals surface area contributed by atoms with Crippen molar-refractivity contribution < 1.29 is 0 Å². The second-order valence-electron chi connectivity index (χ2n) is 13.9. The van der Waals surface area contributed by atoms with Crippen molar-refractivity contribution in [2.75, 3.05) is 0 Å². The lowest BCUT2D eigenvalue weighted by Crippen LogP contribution is -2.16. The van der Waals surface area contributed by atoms with Crippen molar-refractivity contribution in [3.8, 4) is 11.1 Å². The first-order chi connectivity index (χ1) is 23.3. The van der Waals surface area contributed by atoms with Gasteiger partial charge in [0.25, 0.3) is 0 Å². The van der Waals surface area contributed by atoms with E-state index in [4.69, 9.17) is 0 Å². The van der Waals surface area contributed by atoms with E-state index in [1.54, 1.807) is 11.1 Å². The third-order valence-electron chi connectivity index (χ3n) is 11.7. The number of fused-ring (bicyclic) bond motifs is 11. The number of aryl methyl sites for hydroxylation is 1. The minimum absolute atomic E-state index is 0.263. The molecule has 0 aliphatic heterocycles. The van der Waals surface area contributed by atoms with E-state index in [1.807, 2.05) is 0 Å². The summed E-state index contributed by atoms with van der Waals surface area (Å²) in [6.45, 7) is 2.50. The summed E-state index contributed by atoms with van der Waals surface area (Å²) in [6.07, 6.45) is 4.97. The van der Waals surface area contributed by atoms with Crippen molar-refractivity contribution in [1.82, 2.24) is 4.40 Å². The van der Waals surface area contributed by atoms with Gasteiger partial charge in [-0.1, -0.05) is 128 Å². The van der Waals surface area contributed by atoms with Gasteiger partial charge in [0.05, 0.1) is 16.6 Å². The van der Waals surface area contributed by atoms with Crippen molar-refractivity contribution >= 4 is 49.2 Å². The van der Waals surface area contributed by atoms with Gasteiger partial charge >= 0.3 is 0 Å². The molecule has 11 rings (SSSR count). The largest absolute Gasteiger partial charge is 0.308 e. The van der Waals surface area contributed by atoms with Crippen molar-refractivity contribution in [3.05, 3.63) is 173 Å². The van der Waals surface area contributed by atoms with Crippen LogP contribution in [0.15, 0.2) is 145 Å². The molecule has 0 spiro atoms. The Hall–Kier alpha value is -5.40. The Balaban J connectivity index is 1.20. The van der Waals surface area contributed by atoms with Crippen LogP contribution in [0.1, 0.15) is 53.0 Å². The quantitative estimate of drug-likeness (QED) is 0.186. The summed E-state index contributed by atoms with van der Waals surface area (Å²) in [5, 5.41) is 5.44. The van der Waals surface area contributed by atoms with Crippen LogP contribution in [-0.4, -0.2) is 4.40 Å². The second-order valence-corrected chi connectivity index (χ2v) is 13.9. The van der Waals surface area contributed by atoms with Crippen LogP contribution in [0.4, 0.5) is 0 Å². The minimum Gasteiger partial charge on any atom is -0.308 e. The van der Waals surface area contributed by atoms with Crippen molar-refractivity contribution in [3.63, 3.8) is 0 Å². The molecular formula is C46H33N. The van der Waals surface area contributed by atoms with Gasteiger partial charge < -0.3 is 4.40 Å². The van der Waals surface area contributed by atoms with Crippen LogP contribution >= 0.6 is 0 Å². The van der Waals surface area contributed by atoms with Crippen LogP contribution in [0.5, 0.6) is 0 Å². The summed E-state index contributed by atoms with van der Waals surface area (Å²) in [6, 6.07) is 50.3. The predicted molar refractivity (Wildman–Crippen MR) is 197 cm³/mol. The molecule has 0 amide bonds. The van der Waals surface area contributed by atoms with Gasteiger partial charge in [0, 0.05) is 33.4 Å². The highest BCUT2D eigenvalue weighted by molar-refractivity contribution is 6.24. The van der Waals surface area contributed by atoms with Crippen LogP contribution in [0.2, 0.25) is 0 Å². The molecule has 0 bridgehead atoms. The normalized spacial score (nSPS) is 20.1. The Bertz CT molecular complexity index is 2650. The molecule has 6 aromatic carbocycles. The summed E-state index contributed by atoms with van der Waals surface area (Å²) in [4.78, 5) is 0. The minimum atomic E-state index is 0.263. The molecule has 1 nitrogen and oxygen atoms in total. The molecule has 3 unspecified atom stereocenters. The zero-order valence-corrected chi connectivity index (χ0v) is 26.4. The topological polar surface area (TPSA) is 4.41 Å². The van der Waals surface area contributed by atoms with E-state index in [-0.39, 0.29) is 5.92 Å². The third-order valence-corrected chi connectivity index (χ3v) is 11.7. The molecule has 2 aromatic heterocycles. The Kier molecular flexibility index (Phi) is 5.11. The highest BCUT2D eigenvalue weighted by Crippen LogP contribution is 2.60. The molecule has 0 fully saturated rings. The molecule has 1 heteroatoms. The van der Waals surface area contributed by atoms with Gasteiger partial charge in [-0.3, -0.25) is 0 Å². The molecule has 3 aliphatic carbocycles. The summed E-state index contributed by atoms with van der Waals surface area (Å²) in [5.41, 5.74) is 18.5. The van der Waals surface area contributed by atoms with Crippen LogP contribution in [-0.2, 0) is 6.42 Å². The van der Waals surface area contributed by atoms with Gasteiger partial charge in [-0.2, -0.15) is 0 Å². The lowest BCUT2D eigenvalue weighted by molar-refractivity contribution is 0.653. The molecule has 3 atom stereocenters. The first-order valence-corrected chi connectivity index (χ1v) is 17.2. The first-order valence-electron chi connectivity index (χ1n) is 17.2. The molecule has 222 valence electrons. The summed E-state index contributed by atoms with van der Waals surface area (Å²) in [7, 11) is 0. The third kappa shape index (κ3) is 3.34. The fourth-order valence-corrected chi connectivity index (χ4v) is 9.77. The average Bonchev–Trinajstić information content (AvgIpc) is 3.73. The van der Waals surface area contributed by atoms with E-state index in [9.17, 15) is 0 Å². The van der Waals surface area contributed by atoms with Gasteiger partial charge in [-0.25, -0.2) is 0 Å². The zero-order chi connectivity index (χ0) is 30.8. The molecule has 0 saturated heterocycles. The number of nitrogens with zero attached hydrogens (tertiary/aromatic N) is 1. The molecule has 3 aliphatic rings. The van der Waals surface area contributed by atoms with E-state index in [2.05, 4.69) is 151 Å². The molecule has 2 heterocycles. The Morgan fingerprint density at radius 1 is 0.574 bits per heavy atom. The van der Waals surface area contributed by atoms with Crippen molar-refractivity contribution in [1.29, 1.82) is 0 Å². The van der Waals surface area contributed by atoms with Gasteiger partial charge in [-0.15, -0.1) is 0 Å². The Morgan fingerprint density at radius 3 is 2.26 bits per heavy atom. The Morgan fingerprint density at radius 2 is 1.34 bits per heavy atom. The molecular weight excluding hydrogens is 567 g/mol. The van der Waals surface area contributed by atoms with Crippen LogP contribution in [0.25, 0.3) is 60.4 Å². The molecule has 0 saturated carbocycles. The lowest BCUT2D eigenvalue weighted by Gasteiger charge is -2.32. The van der Waals surface area contributed by atoms with E-state index in [1.165, 1.54) is 89.0 Å². The van der Waals surface area contributed by atoms with Gasteiger partial charge in [0.15, 0.2) is 0 Å². The second kappa shape index (κ2) is 9.33. The fourth-order valence-electron chi connectivity index (χ4n) is 9.77. The number of hydrogen-bond acceptors (Lipinski definition) is 0. The number of aromatic nitrogens is 1. The van der Waals surface area contributed by atoms with Crippen molar-refractivity contribution in [2.45, 2.75) is 31.6 Å². The maximum atomic E-state index is 2.67. The molecule has 0 N–H and O–H groups in total. The predicted octanol–water partition coefficient (Wildman–Crippen LogP) is 11.8. The molecule has 0 radical (unpaired) electrons. The maximum absolute atomic E-state index is 2.67. The van der Waals surface area contributed by atoms with E-state index in [0.29, 0.717) is 11.8 Å². The van der Waals surface area contributed by atoms with Crippen LogP contribution in [0, 0.1) is 5.92 Å². The standard InChI is InChI=1S/C46H33N/c1-27-38(26-40-31-14-6-5-13-29(31)19-21-34-32-15-7-8-16-33(32)43(27)44(34)40)35-22-23-36-39-25-30(28-11-3-2-4-12-28)20-24-42(39)47-41-18-10-9-17-37(41)45(35)46(36)47/h2-18,20,22-27,34,38H,19,21H2,1H3. The number of para-hydroxylation sites is 1. The SMILES string of the molecule is CC1C2=C3C(=CC1c1ccc4c5cc(-c6ccccc6)ccc5n5c6ccccc6c1c45)c1ccccc1CCC3c1ccccc12. The number of rotatable bonds is 2. The van der Waals surface area contributed by atoms with Gasteiger partial charge in [0.1, 0.15) is 0 Å². The highest BCUT2D eigenvalue weighted by atomic mass is 14.9. The fraction of sp³-hybridized carbons (Fsp3) is 0.130. The zero-order valence-electron chi connectivity index (χ0n) is 26.4. The number of benzene rings is 6. The van der Waals surface area contributed by atoms with Crippen LogP contribution in [0.3, 0.4) is 0 Å². The van der Waals surface area contributed by atoms with Gasteiger partial charge in [0.2, 0.25) is 0 Å². The lowest BCUT2D eigenvalue weighted by atomic mass is 9.71. The van der Waals surface area contributed by atoms with E-state index in [0.717, 1.165) is 6.42 Å².